The average molecular weight is 289 g/mol. The van der Waals surface area contributed by atoms with E-state index in [1.165, 1.54) is 17.0 Å². The molecule has 1 N–H and O–H groups in total. The van der Waals surface area contributed by atoms with E-state index < -0.39 is 0 Å². The van der Waals surface area contributed by atoms with E-state index in [2.05, 4.69) is 22.8 Å². The SMILES string of the molecule is O=C(Cc1cccc(F)c1)NCC1(c2cccs2)CC1. The highest BCUT2D eigenvalue weighted by Gasteiger charge is 2.45. The summed E-state index contributed by atoms with van der Waals surface area (Å²) in [5.41, 5.74) is 0.870. The number of halogens is 1. The van der Waals surface area contributed by atoms with Crippen molar-refractivity contribution in [3.63, 3.8) is 0 Å². The van der Waals surface area contributed by atoms with Gasteiger partial charge >= 0.3 is 0 Å². The Kier molecular flexibility index (Phi) is 3.57. The van der Waals surface area contributed by atoms with Gasteiger partial charge in [0, 0.05) is 16.8 Å². The minimum absolute atomic E-state index is 0.0431. The van der Waals surface area contributed by atoms with Gasteiger partial charge in [0.2, 0.25) is 5.91 Å². The normalized spacial score (nSPS) is 15.8. The van der Waals surface area contributed by atoms with Crippen LogP contribution >= 0.6 is 11.3 Å². The lowest BCUT2D eigenvalue weighted by atomic mass is 10.1. The van der Waals surface area contributed by atoms with Crippen molar-refractivity contribution in [3.8, 4) is 0 Å². The Labute approximate surface area is 121 Å². The maximum Gasteiger partial charge on any atom is 0.224 e. The second-order valence-corrected chi connectivity index (χ2v) is 6.29. The van der Waals surface area contributed by atoms with E-state index in [0.29, 0.717) is 12.1 Å². The molecule has 0 unspecified atom stereocenters. The molecule has 104 valence electrons. The molecular formula is C16H16FNOS. The van der Waals surface area contributed by atoms with Gasteiger partial charge < -0.3 is 5.32 Å². The summed E-state index contributed by atoms with van der Waals surface area (Å²) in [6.07, 6.45) is 2.50. The molecule has 2 aromatic rings. The van der Waals surface area contributed by atoms with E-state index in [-0.39, 0.29) is 23.6 Å². The van der Waals surface area contributed by atoms with Gasteiger partial charge in [-0.1, -0.05) is 18.2 Å². The minimum atomic E-state index is -0.299. The molecule has 0 saturated heterocycles. The monoisotopic (exact) mass is 289 g/mol. The number of carbonyl (C=O) groups is 1. The molecule has 20 heavy (non-hydrogen) atoms. The van der Waals surface area contributed by atoms with Crippen molar-refractivity contribution in [1.82, 2.24) is 5.32 Å². The lowest BCUT2D eigenvalue weighted by Crippen LogP contribution is -2.32. The summed E-state index contributed by atoms with van der Waals surface area (Å²) >= 11 is 1.75. The number of thiophene rings is 1. The van der Waals surface area contributed by atoms with Crippen LogP contribution < -0.4 is 5.32 Å². The third-order valence-electron chi connectivity index (χ3n) is 3.78. The molecule has 1 aromatic heterocycles. The first-order valence-corrected chi connectivity index (χ1v) is 7.61. The second-order valence-electron chi connectivity index (χ2n) is 5.34. The lowest BCUT2D eigenvalue weighted by Gasteiger charge is -2.14. The Balaban J connectivity index is 1.55. The molecule has 0 spiro atoms. The zero-order chi connectivity index (χ0) is 14.0. The summed E-state index contributed by atoms with van der Waals surface area (Å²) in [5, 5.41) is 5.06. The van der Waals surface area contributed by atoms with Crippen molar-refractivity contribution >= 4 is 17.2 Å². The predicted molar refractivity (Wildman–Crippen MR) is 78.3 cm³/mol. The number of carbonyl (C=O) groups excluding carboxylic acids is 1. The van der Waals surface area contributed by atoms with Crippen molar-refractivity contribution < 1.29 is 9.18 Å². The van der Waals surface area contributed by atoms with Gasteiger partial charge in [0.25, 0.3) is 0 Å². The van der Waals surface area contributed by atoms with Crippen LogP contribution in [0.4, 0.5) is 4.39 Å². The fraction of sp³-hybridized carbons (Fsp3) is 0.312. The predicted octanol–water partition coefficient (Wildman–Crippen LogP) is 3.28. The van der Waals surface area contributed by atoms with E-state index in [4.69, 9.17) is 0 Å². The fourth-order valence-electron chi connectivity index (χ4n) is 2.40. The van der Waals surface area contributed by atoms with Crippen LogP contribution in [-0.2, 0) is 16.6 Å². The Morgan fingerprint density at radius 2 is 2.15 bits per heavy atom. The summed E-state index contributed by atoms with van der Waals surface area (Å²) in [4.78, 5) is 13.3. The second kappa shape index (κ2) is 5.37. The third kappa shape index (κ3) is 2.90. The van der Waals surface area contributed by atoms with Gasteiger partial charge in [0.1, 0.15) is 5.82 Å². The Bertz CT molecular complexity index is 605. The minimum Gasteiger partial charge on any atom is -0.355 e. The van der Waals surface area contributed by atoms with Crippen LogP contribution in [0, 0.1) is 5.82 Å². The molecule has 3 rings (SSSR count). The van der Waals surface area contributed by atoms with E-state index in [1.807, 2.05) is 0 Å². The number of rotatable bonds is 5. The molecule has 1 aliphatic rings. The van der Waals surface area contributed by atoms with Crippen LogP contribution in [0.2, 0.25) is 0 Å². The van der Waals surface area contributed by atoms with Crippen molar-refractivity contribution in [2.45, 2.75) is 24.7 Å². The van der Waals surface area contributed by atoms with Crippen LogP contribution in [-0.4, -0.2) is 12.5 Å². The van der Waals surface area contributed by atoms with Crippen molar-refractivity contribution in [3.05, 3.63) is 58.0 Å². The number of hydrogen-bond acceptors (Lipinski definition) is 2. The van der Waals surface area contributed by atoms with Gasteiger partial charge in [-0.05, 0) is 42.0 Å². The molecule has 1 aliphatic carbocycles. The van der Waals surface area contributed by atoms with Crippen LogP contribution in [0.25, 0.3) is 0 Å². The highest BCUT2D eigenvalue weighted by atomic mass is 32.1. The summed E-state index contributed by atoms with van der Waals surface area (Å²) in [6.45, 7) is 0.682. The smallest absolute Gasteiger partial charge is 0.224 e. The summed E-state index contributed by atoms with van der Waals surface area (Å²) in [5.74, 6) is -0.342. The van der Waals surface area contributed by atoms with E-state index in [9.17, 15) is 9.18 Å². The molecule has 1 amide bonds. The van der Waals surface area contributed by atoms with Crippen LogP contribution in [0.3, 0.4) is 0 Å². The summed E-state index contributed by atoms with van der Waals surface area (Å²) < 4.78 is 13.1. The number of benzene rings is 1. The van der Waals surface area contributed by atoms with Gasteiger partial charge in [-0.3, -0.25) is 4.79 Å². The highest BCUT2D eigenvalue weighted by Crippen LogP contribution is 2.49. The van der Waals surface area contributed by atoms with Gasteiger partial charge in [-0.15, -0.1) is 11.3 Å². The molecule has 0 atom stereocenters. The topological polar surface area (TPSA) is 29.1 Å². The quantitative estimate of drug-likeness (QED) is 0.899. The van der Waals surface area contributed by atoms with Crippen molar-refractivity contribution in [2.75, 3.05) is 6.54 Å². The Hall–Kier alpha value is -1.68. The Morgan fingerprint density at radius 1 is 1.30 bits per heavy atom. The van der Waals surface area contributed by atoms with Gasteiger partial charge in [0.15, 0.2) is 0 Å². The largest absolute Gasteiger partial charge is 0.355 e. The first-order valence-electron chi connectivity index (χ1n) is 6.73. The molecule has 4 heteroatoms. The highest BCUT2D eigenvalue weighted by molar-refractivity contribution is 7.10. The van der Waals surface area contributed by atoms with Gasteiger partial charge in [0.05, 0.1) is 6.42 Å². The molecule has 0 radical (unpaired) electrons. The van der Waals surface area contributed by atoms with Crippen molar-refractivity contribution in [2.24, 2.45) is 0 Å². The number of hydrogen-bond donors (Lipinski definition) is 1. The summed E-state index contributed by atoms with van der Waals surface area (Å²) in [6, 6.07) is 10.4. The first-order chi connectivity index (χ1) is 9.68. The molecule has 1 fully saturated rings. The van der Waals surface area contributed by atoms with Gasteiger partial charge in [-0.2, -0.15) is 0 Å². The molecular weight excluding hydrogens is 273 g/mol. The molecule has 1 heterocycles. The van der Waals surface area contributed by atoms with Crippen LogP contribution in [0.1, 0.15) is 23.3 Å². The molecule has 2 nitrogen and oxygen atoms in total. The zero-order valence-electron chi connectivity index (χ0n) is 11.1. The molecule has 0 aliphatic heterocycles. The van der Waals surface area contributed by atoms with Crippen LogP contribution in [0.5, 0.6) is 0 Å². The average Bonchev–Trinajstić information content (AvgIpc) is 3.00. The van der Waals surface area contributed by atoms with E-state index in [1.54, 1.807) is 23.5 Å². The molecule has 1 saturated carbocycles. The standard InChI is InChI=1S/C16H16FNOS/c17-13-4-1-3-12(9-13)10-15(19)18-11-16(6-7-16)14-5-2-8-20-14/h1-5,8-9H,6-7,10-11H2,(H,18,19). The first kappa shape index (κ1) is 13.3. The Morgan fingerprint density at radius 3 is 2.80 bits per heavy atom. The zero-order valence-corrected chi connectivity index (χ0v) is 11.9. The molecule has 1 aromatic carbocycles. The molecule has 0 bridgehead atoms. The van der Waals surface area contributed by atoms with E-state index in [0.717, 1.165) is 12.8 Å². The maximum atomic E-state index is 13.1. The summed E-state index contributed by atoms with van der Waals surface area (Å²) in [7, 11) is 0. The van der Waals surface area contributed by atoms with E-state index >= 15 is 0 Å². The third-order valence-corrected chi connectivity index (χ3v) is 4.89. The lowest BCUT2D eigenvalue weighted by molar-refractivity contribution is -0.120. The number of amides is 1. The van der Waals surface area contributed by atoms with Crippen molar-refractivity contribution in [1.29, 1.82) is 0 Å². The maximum absolute atomic E-state index is 13.1. The number of nitrogens with one attached hydrogen (secondary N) is 1. The van der Waals surface area contributed by atoms with Gasteiger partial charge in [-0.25, -0.2) is 4.39 Å². The van der Waals surface area contributed by atoms with Crippen LogP contribution in [0.15, 0.2) is 41.8 Å². The fourth-order valence-corrected chi connectivity index (χ4v) is 3.39.